The molecule has 2 heterocycles. The van der Waals surface area contributed by atoms with Crippen LogP contribution in [0.2, 0.25) is 0 Å². The molecular weight excluding hydrogens is 280 g/mol. The van der Waals surface area contributed by atoms with Crippen LogP contribution in [-0.2, 0) is 6.54 Å². The van der Waals surface area contributed by atoms with Gasteiger partial charge in [0.25, 0.3) is 0 Å². The van der Waals surface area contributed by atoms with Crippen molar-refractivity contribution >= 4 is 17.0 Å². The average molecular weight is 302 g/mol. The van der Waals surface area contributed by atoms with Gasteiger partial charge < -0.3 is 4.57 Å². The zero-order chi connectivity index (χ0) is 16.0. The minimum absolute atomic E-state index is 0.847. The summed E-state index contributed by atoms with van der Waals surface area (Å²) in [4.78, 5) is 4.73. The molecule has 2 heteroatoms. The number of fused-ring (bicyclic) bond motifs is 1. The quantitative estimate of drug-likeness (QED) is 0.633. The number of rotatable bonds is 4. The third-order valence-corrected chi connectivity index (χ3v) is 5.10. The van der Waals surface area contributed by atoms with Crippen LogP contribution in [0.4, 0.5) is 0 Å². The Morgan fingerprint density at radius 3 is 2.57 bits per heavy atom. The smallest absolute Gasteiger partial charge is 0.0944 e. The second kappa shape index (κ2) is 5.38. The number of benzene rings is 1. The Morgan fingerprint density at radius 2 is 1.91 bits per heavy atom. The third-order valence-electron chi connectivity index (χ3n) is 5.10. The van der Waals surface area contributed by atoms with Crippen LogP contribution in [-0.4, -0.2) is 9.55 Å². The molecule has 2 nitrogen and oxygen atoms in total. The summed E-state index contributed by atoms with van der Waals surface area (Å²) in [5.74, 6) is 0.847. The maximum absolute atomic E-state index is 4.73. The fourth-order valence-corrected chi connectivity index (χ4v) is 3.37. The summed E-state index contributed by atoms with van der Waals surface area (Å²) in [6.07, 6.45) is 6.54. The van der Waals surface area contributed by atoms with Crippen molar-refractivity contribution in [3.8, 4) is 11.3 Å². The van der Waals surface area contributed by atoms with E-state index in [0.29, 0.717) is 0 Å². The number of nitrogens with zero attached hydrogens (tertiary/aromatic N) is 2. The summed E-state index contributed by atoms with van der Waals surface area (Å²) in [6.45, 7) is 9.42. The van der Waals surface area contributed by atoms with Gasteiger partial charge in [-0.15, -0.1) is 0 Å². The lowest BCUT2D eigenvalue weighted by Gasteiger charge is -2.11. The Bertz CT molecular complexity index is 880. The molecule has 0 radical (unpaired) electrons. The lowest BCUT2D eigenvalue weighted by Crippen LogP contribution is -2.03. The third kappa shape index (κ3) is 2.39. The van der Waals surface area contributed by atoms with Gasteiger partial charge in [0.2, 0.25) is 0 Å². The lowest BCUT2D eigenvalue weighted by molar-refractivity contribution is 0.632. The van der Waals surface area contributed by atoms with Crippen LogP contribution in [0.5, 0.6) is 0 Å². The number of hydrogen-bond donors (Lipinski definition) is 0. The molecule has 1 aliphatic rings. The first-order chi connectivity index (χ1) is 11.2. The van der Waals surface area contributed by atoms with Crippen LogP contribution in [0.1, 0.15) is 29.7 Å². The summed E-state index contributed by atoms with van der Waals surface area (Å²) in [6, 6.07) is 10.7. The van der Waals surface area contributed by atoms with Crippen molar-refractivity contribution in [1.29, 1.82) is 0 Å². The van der Waals surface area contributed by atoms with Crippen molar-refractivity contribution in [1.82, 2.24) is 9.55 Å². The van der Waals surface area contributed by atoms with E-state index in [4.69, 9.17) is 4.98 Å². The van der Waals surface area contributed by atoms with E-state index < -0.39 is 0 Å². The van der Waals surface area contributed by atoms with E-state index in [9.17, 15) is 0 Å². The molecule has 0 amide bonds. The summed E-state index contributed by atoms with van der Waals surface area (Å²) in [5.41, 5.74) is 7.46. The Hall–Kier alpha value is -2.35. The first-order valence-corrected chi connectivity index (χ1v) is 8.36. The van der Waals surface area contributed by atoms with Crippen LogP contribution < -0.4 is 0 Å². The van der Waals surface area contributed by atoms with E-state index in [1.54, 1.807) is 0 Å². The molecule has 1 saturated carbocycles. The Morgan fingerprint density at radius 1 is 1.17 bits per heavy atom. The molecule has 0 spiro atoms. The summed E-state index contributed by atoms with van der Waals surface area (Å²) in [7, 11) is 0. The van der Waals surface area contributed by atoms with Gasteiger partial charge >= 0.3 is 0 Å². The van der Waals surface area contributed by atoms with Crippen molar-refractivity contribution in [2.45, 2.75) is 33.2 Å². The second-order valence-corrected chi connectivity index (χ2v) is 6.65. The minimum atomic E-state index is 0.847. The van der Waals surface area contributed by atoms with Crippen LogP contribution in [0, 0.1) is 19.8 Å². The normalized spacial score (nSPS) is 14.3. The molecule has 116 valence electrons. The molecule has 0 N–H and O–H groups in total. The molecule has 3 aromatic rings. The predicted molar refractivity (Wildman–Crippen MR) is 97.5 cm³/mol. The van der Waals surface area contributed by atoms with Crippen molar-refractivity contribution in [3.63, 3.8) is 0 Å². The molecule has 1 aliphatic carbocycles. The zero-order valence-electron chi connectivity index (χ0n) is 13.8. The van der Waals surface area contributed by atoms with Gasteiger partial charge in [0, 0.05) is 29.4 Å². The molecule has 0 unspecified atom stereocenters. The predicted octanol–water partition coefficient (Wildman–Crippen LogP) is 5.37. The van der Waals surface area contributed by atoms with Crippen molar-refractivity contribution in [2.75, 3.05) is 0 Å². The number of hydrogen-bond acceptors (Lipinski definition) is 1. The number of pyridine rings is 1. The van der Waals surface area contributed by atoms with Gasteiger partial charge in [0.05, 0.1) is 11.2 Å². The van der Waals surface area contributed by atoms with Crippen molar-refractivity contribution in [3.05, 3.63) is 59.9 Å². The monoisotopic (exact) mass is 302 g/mol. The van der Waals surface area contributed by atoms with E-state index in [-0.39, 0.29) is 0 Å². The molecule has 4 rings (SSSR count). The summed E-state index contributed by atoms with van der Waals surface area (Å²) >= 11 is 0. The molecule has 2 aromatic heterocycles. The Kier molecular flexibility index (Phi) is 3.33. The lowest BCUT2D eigenvalue weighted by atomic mass is 10.1. The summed E-state index contributed by atoms with van der Waals surface area (Å²) in [5, 5.41) is 1.33. The topological polar surface area (TPSA) is 17.8 Å². The maximum atomic E-state index is 4.73. The van der Waals surface area contributed by atoms with Crippen LogP contribution in [0.25, 0.3) is 28.2 Å². The van der Waals surface area contributed by atoms with Gasteiger partial charge in [0.1, 0.15) is 0 Å². The van der Waals surface area contributed by atoms with Gasteiger partial charge in [-0.2, -0.15) is 0 Å². The van der Waals surface area contributed by atoms with Crippen molar-refractivity contribution in [2.24, 2.45) is 5.92 Å². The van der Waals surface area contributed by atoms with Gasteiger partial charge in [-0.1, -0.05) is 36.9 Å². The number of aromatic nitrogens is 2. The largest absolute Gasteiger partial charge is 0.343 e. The molecule has 0 atom stereocenters. The molecule has 23 heavy (non-hydrogen) atoms. The maximum Gasteiger partial charge on any atom is 0.0944 e. The summed E-state index contributed by atoms with van der Waals surface area (Å²) < 4.78 is 2.49. The minimum Gasteiger partial charge on any atom is -0.343 e. The Labute approximate surface area is 137 Å². The van der Waals surface area contributed by atoms with E-state index in [0.717, 1.165) is 23.7 Å². The van der Waals surface area contributed by atoms with Crippen LogP contribution in [0.15, 0.2) is 43.1 Å². The average Bonchev–Trinajstić information content (AvgIpc) is 3.38. The highest BCUT2D eigenvalue weighted by molar-refractivity contribution is 5.95. The van der Waals surface area contributed by atoms with Crippen LogP contribution in [0.3, 0.4) is 0 Å². The van der Waals surface area contributed by atoms with Crippen molar-refractivity contribution < 1.29 is 0 Å². The SMILES string of the molecule is C=Cc1ccc(-c2nccc3c(C)c(C)n(CC4CC4)c23)cc1. The van der Waals surface area contributed by atoms with Gasteiger partial charge in [-0.3, -0.25) is 4.98 Å². The van der Waals surface area contributed by atoms with Crippen LogP contribution >= 0.6 is 0 Å². The highest BCUT2D eigenvalue weighted by Crippen LogP contribution is 2.37. The van der Waals surface area contributed by atoms with Gasteiger partial charge in [-0.05, 0) is 49.8 Å². The van der Waals surface area contributed by atoms with E-state index in [1.807, 2.05) is 12.3 Å². The first kappa shape index (κ1) is 14.3. The van der Waals surface area contributed by atoms with Gasteiger partial charge in [-0.25, -0.2) is 0 Å². The Balaban J connectivity index is 1.94. The van der Waals surface area contributed by atoms with Gasteiger partial charge in [0.15, 0.2) is 0 Å². The van der Waals surface area contributed by atoms with E-state index >= 15 is 0 Å². The van der Waals surface area contributed by atoms with E-state index in [2.05, 4.69) is 55.3 Å². The number of aryl methyl sites for hydroxylation is 1. The molecule has 0 saturated heterocycles. The molecule has 1 aromatic carbocycles. The first-order valence-electron chi connectivity index (χ1n) is 8.36. The molecular formula is C21H22N2. The standard InChI is InChI=1S/C21H22N2/c1-4-16-7-9-18(10-8-16)20-21-19(11-12-22-20)14(2)15(3)23(21)13-17-5-6-17/h4,7-12,17H,1,5-6,13H2,2-3H3. The fraction of sp³-hybridized carbons (Fsp3) is 0.286. The molecule has 0 bridgehead atoms. The van der Waals surface area contributed by atoms with E-state index in [1.165, 1.54) is 40.6 Å². The highest BCUT2D eigenvalue weighted by Gasteiger charge is 2.25. The molecule has 1 fully saturated rings. The fourth-order valence-electron chi connectivity index (χ4n) is 3.37. The molecule has 0 aliphatic heterocycles. The highest BCUT2D eigenvalue weighted by atomic mass is 15.0. The zero-order valence-corrected chi connectivity index (χ0v) is 13.8. The second-order valence-electron chi connectivity index (χ2n) is 6.65.